The van der Waals surface area contributed by atoms with Crippen LogP contribution >= 0.6 is 0 Å². The molecule has 2 heteroatoms. The summed E-state index contributed by atoms with van der Waals surface area (Å²) in [6.07, 6.45) is 7.65. The lowest BCUT2D eigenvalue weighted by atomic mass is 9.67. The summed E-state index contributed by atoms with van der Waals surface area (Å²) in [7, 11) is 0. The van der Waals surface area contributed by atoms with Crippen LogP contribution in [-0.2, 0) is 16.0 Å². The van der Waals surface area contributed by atoms with Gasteiger partial charge in [0.1, 0.15) is 0 Å². The van der Waals surface area contributed by atoms with E-state index in [0.717, 1.165) is 18.4 Å². The van der Waals surface area contributed by atoms with Crippen molar-refractivity contribution < 1.29 is 9.59 Å². The second-order valence-corrected chi connectivity index (χ2v) is 6.02. The Hall–Kier alpha value is -2.22. The van der Waals surface area contributed by atoms with E-state index in [1.807, 2.05) is 0 Å². The van der Waals surface area contributed by atoms with Crippen LogP contribution in [0.2, 0.25) is 0 Å². The highest BCUT2D eigenvalue weighted by molar-refractivity contribution is 6.21. The molecule has 0 bridgehead atoms. The summed E-state index contributed by atoms with van der Waals surface area (Å²) in [6.45, 7) is 2.10. The summed E-state index contributed by atoms with van der Waals surface area (Å²) in [5, 5.41) is 0. The van der Waals surface area contributed by atoms with E-state index in [1.54, 1.807) is 0 Å². The van der Waals surface area contributed by atoms with Crippen molar-refractivity contribution in [3.63, 3.8) is 0 Å². The van der Waals surface area contributed by atoms with E-state index < -0.39 is 0 Å². The van der Waals surface area contributed by atoms with Crippen LogP contribution in [0.4, 0.5) is 0 Å². The Bertz CT molecular complexity index is 775. The molecule has 2 nitrogen and oxygen atoms in total. The van der Waals surface area contributed by atoms with E-state index in [1.165, 1.54) is 34.4 Å². The highest BCUT2D eigenvalue weighted by Gasteiger charge is 2.37. The van der Waals surface area contributed by atoms with Crippen LogP contribution < -0.4 is 0 Å². The first kappa shape index (κ1) is 12.5. The number of aryl methyl sites for hydroxylation is 2. The molecule has 21 heavy (non-hydrogen) atoms. The first-order valence-electron chi connectivity index (χ1n) is 7.44. The average Bonchev–Trinajstić information content (AvgIpc) is 2.50. The van der Waals surface area contributed by atoms with Gasteiger partial charge in [0, 0.05) is 17.1 Å². The largest absolute Gasteiger partial charge is 0.290 e. The minimum atomic E-state index is 0.0000926. The highest BCUT2D eigenvalue weighted by atomic mass is 16.1. The number of carbonyl (C=O) groups is 2. The molecule has 0 unspecified atom stereocenters. The monoisotopic (exact) mass is 276 g/mol. The molecule has 0 spiro atoms. The average molecular weight is 276 g/mol. The molecular formula is C19H16O2. The lowest BCUT2D eigenvalue weighted by Gasteiger charge is -2.35. The van der Waals surface area contributed by atoms with Crippen LogP contribution in [0.5, 0.6) is 0 Å². The Morgan fingerprint density at radius 2 is 1.86 bits per heavy atom. The van der Waals surface area contributed by atoms with Crippen LogP contribution in [-0.4, -0.2) is 11.6 Å². The molecule has 1 aromatic carbocycles. The van der Waals surface area contributed by atoms with Gasteiger partial charge >= 0.3 is 0 Å². The van der Waals surface area contributed by atoms with E-state index in [9.17, 15) is 9.59 Å². The number of benzene rings is 1. The van der Waals surface area contributed by atoms with Crippen molar-refractivity contribution >= 4 is 11.6 Å². The van der Waals surface area contributed by atoms with Gasteiger partial charge in [-0.15, -0.1) is 0 Å². The molecular weight excluding hydrogens is 260 g/mol. The number of ketones is 2. The van der Waals surface area contributed by atoms with Crippen LogP contribution in [0.3, 0.4) is 0 Å². The van der Waals surface area contributed by atoms with Gasteiger partial charge in [-0.2, -0.15) is 0 Å². The summed E-state index contributed by atoms with van der Waals surface area (Å²) in [5.41, 5.74) is 6.53. The zero-order chi connectivity index (χ0) is 14.6. The highest BCUT2D eigenvalue weighted by Crippen LogP contribution is 2.47. The quantitative estimate of drug-likeness (QED) is 0.538. The predicted molar refractivity (Wildman–Crippen MR) is 81.1 cm³/mol. The SMILES string of the molecule is Cc1cccc2c1[C@H]1C(=CCC3=C1C(=O)C=CC3=O)CC2. The lowest BCUT2D eigenvalue weighted by molar-refractivity contribution is -0.115. The Labute approximate surface area is 123 Å². The molecule has 1 aromatic rings. The van der Waals surface area contributed by atoms with Crippen molar-refractivity contribution in [1.29, 1.82) is 0 Å². The summed E-state index contributed by atoms with van der Waals surface area (Å²) in [5.74, 6) is 0.0111. The fourth-order valence-corrected chi connectivity index (χ4v) is 3.91. The normalized spacial score (nSPS) is 23.5. The van der Waals surface area contributed by atoms with Crippen molar-refractivity contribution in [3.05, 3.63) is 69.8 Å². The van der Waals surface area contributed by atoms with Crippen LogP contribution in [0, 0.1) is 6.92 Å². The lowest BCUT2D eigenvalue weighted by Crippen LogP contribution is -2.27. The van der Waals surface area contributed by atoms with Crippen LogP contribution in [0.15, 0.2) is 53.1 Å². The number of carbonyl (C=O) groups excluding carboxylic acids is 2. The molecule has 0 aliphatic heterocycles. The Morgan fingerprint density at radius 3 is 2.71 bits per heavy atom. The van der Waals surface area contributed by atoms with E-state index in [2.05, 4.69) is 31.2 Å². The van der Waals surface area contributed by atoms with Crippen molar-refractivity contribution in [1.82, 2.24) is 0 Å². The van der Waals surface area contributed by atoms with Gasteiger partial charge in [0.2, 0.25) is 0 Å². The van der Waals surface area contributed by atoms with Gasteiger partial charge < -0.3 is 0 Å². The molecule has 104 valence electrons. The van der Waals surface area contributed by atoms with E-state index in [0.29, 0.717) is 12.0 Å². The summed E-state index contributed by atoms with van der Waals surface area (Å²) in [4.78, 5) is 24.5. The number of allylic oxidation sites excluding steroid dienone is 6. The number of hydrogen-bond acceptors (Lipinski definition) is 2. The van der Waals surface area contributed by atoms with Gasteiger partial charge in [0.05, 0.1) is 0 Å². The van der Waals surface area contributed by atoms with Crippen molar-refractivity contribution in [2.45, 2.75) is 32.1 Å². The molecule has 3 aliphatic rings. The van der Waals surface area contributed by atoms with Crippen molar-refractivity contribution in [3.8, 4) is 0 Å². The molecule has 0 amide bonds. The number of fused-ring (bicyclic) bond motifs is 4. The molecule has 0 radical (unpaired) electrons. The van der Waals surface area contributed by atoms with Gasteiger partial charge in [-0.25, -0.2) is 0 Å². The van der Waals surface area contributed by atoms with Gasteiger partial charge in [-0.1, -0.05) is 29.8 Å². The number of rotatable bonds is 0. The molecule has 0 aromatic heterocycles. The first-order chi connectivity index (χ1) is 10.2. The predicted octanol–water partition coefficient (Wildman–Crippen LogP) is 3.36. The second-order valence-electron chi connectivity index (χ2n) is 6.02. The molecule has 0 heterocycles. The van der Waals surface area contributed by atoms with E-state index >= 15 is 0 Å². The van der Waals surface area contributed by atoms with E-state index in [-0.39, 0.29) is 17.5 Å². The Kier molecular flexibility index (Phi) is 2.61. The van der Waals surface area contributed by atoms with Gasteiger partial charge in [0.25, 0.3) is 0 Å². The minimum Gasteiger partial charge on any atom is -0.290 e. The molecule has 0 fully saturated rings. The standard InChI is InChI=1S/C19H16O2/c1-11-3-2-4-12-5-6-13-7-8-14-15(20)9-10-16(21)19(14)18(13)17(11)12/h2-4,7,9-10,18H,5-6,8H2,1H3/t18-/m1/s1. The van der Waals surface area contributed by atoms with Gasteiger partial charge in [0.15, 0.2) is 11.6 Å². The molecule has 0 N–H and O–H groups in total. The Balaban J connectivity index is 1.97. The third-order valence-electron chi connectivity index (χ3n) is 4.89. The van der Waals surface area contributed by atoms with Gasteiger partial charge in [-0.05, 0) is 55.0 Å². The van der Waals surface area contributed by atoms with Crippen LogP contribution in [0.1, 0.15) is 35.4 Å². The maximum atomic E-state index is 12.4. The smallest absolute Gasteiger partial charge is 0.183 e. The Morgan fingerprint density at radius 1 is 1.05 bits per heavy atom. The first-order valence-corrected chi connectivity index (χ1v) is 7.44. The van der Waals surface area contributed by atoms with Gasteiger partial charge in [-0.3, -0.25) is 9.59 Å². The van der Waals surface area contributed by atoms with E-state index in [4.69, 9.17) is 0 Å². The minimum absolute atomic E-state index is 0.0000926. The third kappa shape index (κ3) is 1.72. The fraction of sp³-hybridized carbons (Fsp3) is 0.263. The topological polar surface area (TPSA) is 34.1 Å². The van der Waals surface area contributed by atoms with Crippen molar-refractivity contribution in [2.24, 2.45) is 0 Å². The molecule has 1 atom stereocenters. The summed E-state index contributed by atoms with van der Waals surface area (Å²) >= 11 is 0. The van der Waals surface area contributed by atoms with Crippen molar-refractivity contribution in [2.75, 3.05) is 0 Å². The molecule has 4 rings (SSSR count). The second kappa shape index (κ2) is 4.39. The molecule has 0 saturated heterocycles. The molecule has 3 aliphatic carbocycles. The van der Waals surface area contributed by atoms with Crippen LogP contribution in [0.25, 0.3) is 0 Å². The number of hydrogen-bond donors (Lipinski definition) is 0. The zero-order valence-electron chi connectivity index (χ0n) is 12.0. The fourth-order valence-electron chi connectivity index (χ4n) is 3.91. The maximum Gasteiger partial charge on any atom is 0.183 e. The molecule has 0 saturated carbocycles. The third-order valence-corrected chi connectivity index (χ3v) is 4.89. The summed E-state index contributed by atoms with van der Waals surface area (Å²) in [6, 6.07) is 6.33. The summed E-state index contributed by atoms with van der Waals surface area (Å²) < 4.78 is 0. The maximum absolute atomic E-state index is 12.4. The zero-order valence-corrected chi connectivity index (χ0v) is 12.0.